The standard InChI is InChI=1S/C26H26N2O3/c1-18-11-12-19(2)23(15-18)24(29)13-14-25(30)27-17-20-7-6-8-21(16-20)26(31)28-22-9-4-3-5-10-22/h3-12,15-16H,13-14,17H2,1-2H3,(H,27,30)(H,28,31). The molecule has 0 spiro atoms. The van der Waals surface area contributed by atoms with Gasteiger partial charge < -0.3 is 10.6 Å². The molecule has 0 heterocycles. The van der Waals surface area contributed by atoms with Gasteiger partial charge in [-0.15, -0.1) is 0 Å². The third-order valence-corrected chi connectivity index (χ3v) is 4.98. The average Bonchev–Trinajstić information content (AvgIpc) is 2.78. The van der Waals surface area contributed by atoms with Gasteiger partial charge in [-0.25, -0.2) is 0 Å². The first kappa shape index (κ1) is 22.0. The number of carbonyl (C=O) groups excluding carboxylic acids is 3. The summed E-state index contributed by atoms with van der Waals surface area (Å²) in [5.41, 5.74) is 4.66. The second-order valence-corrected chi connectivity index (χ2v) is 7.54. The Hall–Kier alpha value is -3.73. The minimum atomic E-state index is -0.210. The second kappa shape index (κ2) is 10.3. The molecule has 3 aromatic carbocycles. The molecule has 0 atom stereocenters. The Morgan fingerprint density at radius 1 is 0.806 bits per heavy atom. The van der Waals surface area contributed by atoms with Crippen LogP contribution in [0.5, 0.6) is 0 Å². The first-order chi connectivity index (χ1) is 14.9. The number of para-hydroxylation sites is 1. The van der Waals surface area contributed by atoms with Crippen LogP contribution in [0.2, 0.25) is 0 Å². The normalized spacial score (nSPS) is 10.4. The van der Waals surface area contributed by atoms with Crippen molar-refractivity contribution in [3.63, 3.8) is 0 Å². The van der Waals surface area contributed by atoms with Crippen LogP contribution >= 0.6 is 0 Å². The van der Waals surface area contributed by atoms with Gasteiger partial charge in [0, 0.05) is 36.2 Å². The van der Waals surface area contributed by atoms with E-state index in [0.717, 1.165) is 22.4 Å². The summed E-state index contributed by atoms with van der Waals surface area (Å²) in [4.78, 5) is 37.1. The van der Waals surface area contributed by atoms with E-state index in [1.165, 1.54) is 0 Å². The van der Waals surface area contributed by atoms with Gasteiger partial charge in [0.1, 0.15) is 0 Å². The molecule has 158 valence electrons. The summed E-state index contributed by atoms with van der Waals surface area (Å²) in [7, 11) is 0. The van der Waals surface area contributed by atoms with Gasteiger partial charge in [0.25, 0.3) is 5.91 Å². The molecule has 3 rings (SSSR count). The number of ketones is 1. The largest absolute Gasteiger partial charge is 0.352 e. The molecule has 0 aliphatic carbocycles. The number of amides is 2. The maximum atomic E-state index is 12.4. The fourth-order valence-corrected chi connectivity index (χ4v) is 3.23. The molecule has 3 aromatic rings. The number of benzene rings is 3. The zero-order valence-electron chi connectivity index (χ0n) is 17.8. The zero-order chi connectivity index (χ0) is 22.2. The van der Waals surface area contributed by atoms with E-state index in [9.17, 15) is 14.4 Å². The molecule has 0 aliphatic rings. The third-order valence-electron chi connectivity index (χ3n) is 4.98. The van der Waals surface area contributed by atoms with Crippen LogP contribution in [0.3, 0.4) is 0 Å². The van der Waals surface area contributed by atoms with E-state index in [4.69, 9.17) is 0 Å². The lowest BCUT2D eigenvalue weighted by Crippen LogP contribution is -2.23. The summed E-state index contributed by atoms with van der Waals surface area (Å²) in [6, 6.07) is 22.1. The van der Waals surface area contributed by atoms with Gasteiger partial charge in [-0.05, 0) is 55.3 Å². The quantitative estimate of drug-likeness (QED) is 0.518. The monoisotopic (exact) mass is 414 g/mol. The minimum Gasteiger partial charge on any atom is -0.352 e. The van der Waals surface area contributed by atoms with Crippen LogP contribution in [0, 0.1) is 13.8 Å². The first-order valence-corrected chi connectivity index (χ1v) is 10.2. The number of Topliss-reactive ketones (excluding diaryl/α,β-unsaturated/α-hetero) is 1. The van der Waals surface area contributed by atoms with Crippen LogP contribution in [0.15, 0.2) is 72.8 Å². The number of hydrogen-bond donors (Lipinski definition) is 2. The molecular formula is C26H26N2O3. The SMILES string of the molecule is Cc1ccc(C)c(C(=O)CCC(=O)NCc2cccc(C(=O)Nc3ccccc3)c2)c1. The summed E-state index contributed by atoms with van der Waals surface area (Å²) in [5.74, 6) is -0.438. The lowest BCUT2D eigenvalue weighted by atomic mass is 9.99. The molecule has 2 N–H and O–H groups in total. The van der Waals surface area contributed by atoms with Crippen LogP contribution < -0.4 is 10.6 Å². The number of hydrogen-bond acceptors (Lipinski definition) is 3. The van der Waals surface area contributed by atoms with Crippen molar-refractivity contribution < 1.29 is 14.4 Å². The molecular weight excluding hydrogens is 388 g/mol. The minimum absolute atomic E-state index is 0.0315. The maximum absolute atomic E-state index is 12.4. The van der Waals surface area contributed by atoms with Crippen LogP contribution in [0.1, 0.15) is 50.2 Å². The Morgan fingerprint density at radius 3 is 2.35 bits per heavy atom. The summed E-state index contributed by atoms with van der Waals surface area (Å²) in [5, 5.41) is 5.67. The molecule has 0 bridgehead atoms. The fourth-order valence-electron chi connectivity index (χ4n) is 3.23. The number of carbonyl (C=O) groups is 3. The Bertz CT molecular complexity index is 1090. The molecule has 5 nitrogen and oxygen atoms in total. The topological polar surface area (TPSA) is 75.3 Å². The molecule has 0 radical (unpaired) electrons. The van der Waals surface area contributed by atoms with Crippen molar-refractivity contribution in [2.75, 3.05) is 5.32 Å². The van der Waals surface area contributed by atoms with Crippen molar-refractivity contribution in [3.05, 3.63) is 101 Å². The van der Waals surface area contributed by atoms with Crippen LogP contribution in [0.4, 0.5) is 5.69 Å². The van der Waals surface area contributed by atoms with Gasteiger partial charge in [-0.3, -0.25) is 14.4 Å². The van der Waals surface area contributed by atoms with E-state index in [1.807, 2.05) is 68.4 Å². The number of nitrogens with one attached hydrogen (secondary N) is 2. The van der Waals surface area contributed by atoms with Crippen molar-refractivity contribution in [2.24, 2.45) is 0 Å². The number of anilines is 1. The predicted octanol–water partition coefficient (Wildman–Crippen LogP) is 4.84. The Balaban J connectivity index is 1.51. The summed E-state index contributed by atoms with van der Waals surface area (Å²) in [6.07, 6.45) is 0.288. The number of rotatable bonds is 8. The van der Waals surface area contributed by atoms with E-state index < -0.39 is 0 Å². The van der Waals surface area contributed by atoms with Gasteiger partial charge in [-0.2, -0.15) is 0 Å². The summed E-state index contributed by atoms with van der Waals surface area (Å²) >= 11 is 0. The van der Waals surface area contributed by atoms with Crippen LogP contribution in [-0.4, -0.2) is 17.6 Å². The summed E-state index contributed by atoms with van der Waals surface area (Å²) < 4.78 is 0. The Kier molecular flexibility index (Phi) is 7.33. The summed E-state index contributed by atoms with van der Waals surface area (Å²) in [6.45, 7) is 4.13. The lowest BCUT2D eigenvalue weighted by Gasteiger charge is -2.09. The molecule has 0 unspecified atom stereocenters. The van der Waals surface area contributed by atoms with Gasteiger partial charge >= 0.3 is 0 Å². The Labute approximate surface area is 182 Å². The molecule has 0 saturated heterocycles. The van der Waals surface area contributed by atoms with Crippen LogP contribution in [-0.2, 0) is 11.3 Å². The average molecular weight is 415 g/mol. The van der Waals surface area contributed by atoms with Crippen molar-refractivity contribution in [1.29, 1.82) is 0 Å². The smallest absolute Gasteiger partial charge is 0.255 e. The fraction of sp³-hybridized carbons (Fsp3) is 0.192. The van der Waals surface area contributed by atoms with Crippen molar-refractivity contribution in [2.45, 2.75) is 33.2 Å². The van der Waals surface area contributed by atoms with Crippen molar-refractivity contribution in [3.8, 4) is 0 Å². The highest BCUT2D eigenvalue weighted by molar-refractivity contribution is 6.04. The lowest BCUT2D eigenvalue weighted by molar-refractivity contribution is -0.121. The van der Waals surface area contributed by atoms with E-state index in [1.54, 1.807) is 18.2 Å². The van der Waals surface area contributed by atoms with Gasteiger partial charge in [0.15, 0.2) is 5.78 Å². The molecule has 0 saturated carbocycles. The molecule has 0 fully saturated rings. The molecule has 31 heavy (non-hydrogen) atoms. The highest BCUT2D eigenvalue weighted by Crippen LogP contribution is 2.14. The van der Waals surface area contributed by atoms with E-state index >= 15 is 0 Å². The third kappa shape index (κ3) is 6.37. The van der Waals surface area contributed by atoms with Gasteiger partial charge in [0.05, 0.1) is 0 Å². The van der Waals surface area contributed by atoms with E-state index in [2.05, 4.69) is 10.6 Å². The van der Waals surface area contributed by atoms with Gasteiger partial charge in [-0.1, -0.05) is 48.0 Å². The van der Waals surface area contributed by atoms with Crippen molar-refractivity contribution >= 4 is 23.3 Å². The molecule has 0 aromatic heterocycles. The maximum Gasteiger partial charge on any atom is 0.255 e. The number of aryl methyl sites for hydroxylation is 2. The highest BCUT2D eigenvalue weighted by Gasteiger charge is 2.12. The Morgan fingerprint density at radius 2 is 1.58 bits per heavy atom. The second-order valence-electron chi connectivity index (χ2n) is 7.54. The molecule has 2 amide bonds. The molecule has 5 heteroatoms. The van der Waals surface area contributed by atoms with Crippen molar-refractivity contribution in [1.82, 2.24) is 5.32 Å². The van der Waals surface area contributed by atoms with E-state index in [0.29, 0.717) is 17.7 Å². The zero-order valence-corrected chi connectivity index (χ0v) is 17.8. The predicted molar refractivity (Wildman–Crippen MR) is 122 cm³/mol. The van der Waals surface area contributed by atoms with Crippen LogP contribution in [0.25, 0.3) is 0 Å². The van der Waals surface area contributed by atoms with Gasteiger partial charge in [0.2, 0.25) is 5.91 Å². The molecule has 0 aliphatic heterocycles. The van der Waals surface area contributed by atoms with E-state index in [-0.39, 0.29) is 30.4 Å². The highest BCUT2D eigenvalue weighted by atomic mass is 16.2. The first-order valence-electron chi connectivity index (χ1n) is 10.2.